The standard InChI is InChI=1S/C2H7N.K/c1-3-2;/h3H,1-2H3;/q;+1. The minimum Gasteiger partial charge on any atom is -0.323 e. The summed E-state index contributed by atoms with van der Waals surface area (Å²) >= 11 is 0. The van der Waals surface area contributed by atoms with Crippen LogP contribution in [0.5, 0.6) is 0 Å². The largest absolute Gasteiger partial charge is 1.00 e. The van der Waals surface area contributed by atoms with Crippen molar-refractivity contribution in [3.63, 3.8) is 0 Å². The first-order chi connectivity index (χ1) is 1.41. The van der Waals surface area contributed by atoms with Crippen molar-refractivity contribution in [3.05, 3.63) is 0 Å². The summed E-state index contributed by atoms with van der Waals surface area (Å²) in [5.74, 6) is 0. The van der Waals surface area contributed by atoms with Crippen molar-refractivity contribution >= 4 is 0 Å². The molecule has 0 fully saturated rings. The first-order valence-electron chi connectivity index (χ1n) is 1.00. The van der Waals surface area contributed by atoms with Crippen LogP contribution in [0, 0.1) is 0 Å². The summed E-state index contributed by atoms with van der Waals surface area (Å²) in [6.07, 6.45) is 0. The Labute approximate surface area is 69.6 Å². The van der Waals surface area contributed by atoms with Gasteiger partial charge in [0.1, 0.15) is 0 Å². The van der Waals surface area contributed by atoms with Crippen LogP contribution in [0.25, 0.3) is 0 Å². The van der Waals surface area contributed by atoms with Crippen molar-refractivity contribution in [3.8, 4) is 0 Å². The summed E-state index contributed by atoms with van der Waals surface area (Å²) in [4.78, 5) is 0. The average Bonchev–Trinajstić information content (AvgIpc) is 0.918. The summed E-state index contributed by atoms with van der Waals surface area (Å²) in [6, 6.07) is 0. The van der Waals surface area contributed by atoms with Gasteiger partial charge in [0.25, 0.3) is 0 Å². The summed E-state index contributed by atoms with van der Waals surface area (Å²) in [5, 5.41) is 2.75. The molecule has 0 atom stereocenters. The second-order valence-electron chi connectivity index (χ2n) is 0.500. The first-order valence-corrected chi connectivity index (χ1v) is 1.00. The zero-order chi connectivity index (χ0) is 2.71. The fraction of sp³-hybridized carbons (Fsp3) is 1.00. The molecule has 2 heteroatoms. The van der Waals surface area contributed by atoms with E-state index >= 15 is 0 Å². The van der Waals surface area contributed by atoms with E-state index in [0.717, 1.165) is 0 Å². The zero-order valence-electron chi connectivity index (χ0n) is 3.50. The summed E-state index contributed by atoms with van der Waals surface area (Å²) in [7, 11) is 3.75. The molecule has 0 unspecified atom stereocenters. The third-order valence-electron chi connectivity index (χ3n) is 0. The predicted molar refractivity (Wildman–Crippen MR) is 15.0 cm³/mol. The molecule has 1 N–H and O–H groups in total. The Morgan fingerprint density at radius 3 is 1.25 bits per heavy atom. The minimum absolute atomic E-state index is 0. The van der Waals surface area contributed by atoms with Crippen molar-refractivity contribution in [2.24, 2.45) is 0 Å². The van der Waals surface area contributed by atoms with Crippen LogP contribution in [0.1, 0.15) is 0 Å². The molecule has 0 saturated heterocycles. The summed E-state index contributed by atoms with van der Waals surface area (Å²) in [5.41, 5.74) is 0. The zero-order valence-corrected chi connectivity index (χ0v) is 6.62. The van der Waals surface area contributed by atoms with Gasteiger partial charge in [-0.15, -0.1) is 0 Å². The maximum Gasteiger partial charge on any atom is 1.00 e. The third kappa shape index (κ3) is 9.51. The first kappa shape index (κ1) is 9.14. The van der Waals surface area contributed by atoms with Crippen LogP contribution in [0.15, 0.2) is 0 Å². The van der Waals surface area contributed by atoms with Gasteiger partial charge in [-0.3, -0.25) is 0 Å². The van der Waals surface area contributed by atoms with E-state index in [1.807, 2.05) is 14.1 Å². The molecule has 0 heterocycles. The van der Waals surface area contributed by atoms with Gasteiger partial charge in [-0.1, -0.05) is 0 Å². The quantitative estimate of drug-likeness (QED) is 0.305. The van der Waals surface area contributed by atoms with Crippen LogP contribution in [0.2, 0.25) is 0 Å². The number of rotatable bonds is 0. The van der Waals surface area contributed by atoms with Crippen LogP contribution in [-0.2, 0) is 0 Å². The molecule has 0 aromatic carbocycles. The summed E-state index contributed by atoms with van der Waals surface area (Å²) in [6.45, 7) is 0. The predicted octanol–water partition coefficient (Wildman–Crippen LogP) is -3.16. The molecule has 0 aromatic heterocycles. The van der Waals surface area contributed by atoms with Crippen LogP contribution in [0.3, 0.4) is 0 Å². The molecule has 0 aliphatic carbocycles. The van der Waals surface area contributed by atoms with E-state index in [9.17, 15) is 0 Å². The van der Waals surface area contributed by atoms with E-state index in [0.29, 0.717) is 0 Å². The maximum absolute atomic E-state index is 2.75. The van der Waals surface area contributed by atoms with Gasteiger partial charge in [0.05, 0.1) is 0 Å². The second kappa shape index (κ2) is 8.82. The molecule has 20 valence electrons. The molecule has 0 aliphatic rings. The topological polar surface area (TPSA) is 12.0 Å². The number of hydrogen-bond acceptors (Lipinski definition) is 1. The Hall–Kier alpha value is 1.60. The van der Waals surface area contributed by atoms with E-state index in [-0.39, 0.29) is 51.4 Å². The SMILES string of the molecule is CNC.[K+]. The molecular weight excluding hydrogens is 77.1 g/mol. The van der Waals surface area contributed by atoms with E-state index in [2.05, 4.69) is 5.32 Å². The van der Waals surface area contributed by atoms with Gasteiger partial charge in [-0.25, -0.2) is 0 Å². The molecule has 0 aliphatic heterocycles. The van der Waals surface area contributed by atoms with Gasteiger partial charge < -0.3 is 5.32 Å². The van der Waals surface area contributed by atoms with Gasteiger partial charge in [-0.2, -0.15) is 0 Å². The molecule has 0 bridgehead atoms. The van der Waals surface area contributed by atoms with Gasteiger partial charge >= 0.3 is 51.4 Å². The molecule has 0 amide bonds. The smallest absolute Gasteiger partial charge is 0.323 e. The Morgan fingerprint density at radius 1 is 1.25 bits per heavy atom. The van der Waals surface area contributed by atoms with Crippen LogP contribution >= 0.6 is 0 Å². The molecule has 0 aromatic rings. The van der Waals surface area contributed by atoms with Crippen molar-refractivity contribution in [2.75, 3.05) is 14.1 Å². The number of nitrogens with one attached hydrogen (secondary N) is 1. The second-order valence-corrected chi connectivity index (χ2v) is 0.500. The number of hydrogen-bond donors (Lipinski definition) is 1. The van der Waals surface area contributed by atoms with E-state index in [4.69, 9.17) is 0 Å². The molecule has 4 heavy (non-hydrogen) atoms. The van der Waals surface area contributed by atoms with Crippen LogP contribution in [-0.4, -0.2) is 14.1 Å². The molecular formula is C2H7KN+. The fourth-order valence-corrected chi connectivity index (χ4v) is 0. The Balaban J connectivity index is 0. The molecule has 0 saturated carbocycles. The minimum atomic E-state index is 0. The van der Waals surface area contributed by atoms with E-state index in [1.54, 1.807) is 0 Å². The molecule has 0 radical (unpaired) electrons. The molecule has 0 spiro atoms. The fourth-order valence-electron chi connectivity index (χ4n) is 0. The maximum atomic E-state index is 2.75. The van der Waals surface area contributed by atoms with Crippen molar-refractivity contribution in [2.45, 2.75) is 0 Å². The average molecular weight is 84.2 g/mol. The normalized spacial score (nSPS) is 4.50. The van der Waals surface area contributed by atoms with Crippen molar-refractivity contribution < 1.29 is 51.4 Å². The van der Waals surface area contributed by atoms with Crippen LogP contribution < -0.4 is 56.7 Å². The van der Waals surface area contributed by atoms with Crippen molar-refractivity contribution in [1.29, 1.82) is 0 Å². The van der Waals surface area contributed by atoms with E-state index < -0.39 is 0 Å². The Bertz CT molecular complexity index is 6.00. The van der Waals surface area contributed by atoms with Gasteiger partial charge in [0, 0.05) is 0 Å². The Kier molecular flexibility index (Phi) is 20.2. The molecule has 0 rings (SSSR count). The summed E-state index contributed by atoms with van der Waals surface area (Å²) < 4.78 is 0. The van der Waals surface area contributed by atoms with E-state index in [1.165, 1.54) is 0 Å². The van der Waals surface area contributed by atoms with Gasteiger partial charge in [0.15, 0.2) is 0 Å². The van der Waals surface area contributed by atoms with Crippen molar-refractivity contribution in [1.82, 2.24) is 5.32 Å². The third-order valence-corrected chi connectivity index (χ3v) is 0. The Morgan fingerprint density at radius 2 is 1.25 bits per heavy atom. The van der Waals surface area contributed by atoms with Gasteiger partial charge in [-0.05, 0) is 14.1 Å². The molecule has 1 nitrogen and oxygen atoms in total. The monoisotopic (exact) mass is 84.0 g/mol. The van der Waals surface area contributed by atoms with Gasteiger partial charge in [0.2, 0.25) is 0 Å². The van der Waals surface area contributed by atoms with Crippen LogP contribution in [0.4, 0.5) is 0 Å².